The monoisotopic (exact) mass is 352 g/mol. The highest BCUT2D eigenvalue weighted by Gasteiger charge is 2.42. The lowest BCUT2D eigenvalue weighted by Crippen LogP contribution is -2.38. The second-order valence-electron chi connectivity index (χ2n) is 6.47. The molecule has 136 valence electrons. The quantitative estimate of drug-likeness (QED) is 0.365. The van der Waals surface area contributed by atoms with Crippen LogP contribution in [0.15, 0.2) is 0 Å². The number of carbonyl (C=O) groups excluding carboxylic acids is 2. The standard InChI is InChI=1S/C15H28O7S/c1-6-15(5,11-14(3,4)12(16)21-7-2)13(17)22-9-8-10-23(18,19)20/h6-11H2,1-5H3,(H,18,19,20). The van der Waals surface area contributed by atoms with Crippen LogP contribution < -0.4 is 0 Å². The molecule has 0 aromatic rings. The van der Waals surface area contributed by atoms with Gasteiger partial charge < -0.3 is 9.47 Å². The van der Waals surface area contributed by atoms with Gasteiger partial charge in [0.15, 0.2) is 0 Å². The Balaban J connectivity index is 4.74. The first kappa shape index (κ1) is 21.9. The summed E-state index contributed by atoms with van der Waals surface area (Å²) >= 11 is 0. The Kier molecular flexibility index (Phi) is 8.20. The fourth-order valence-electron chi connectivity index (χ4n) is 2.30. The minimum atomic E-state index is -4.06. The number of hydrogen-bond donors (Lipinski definition) is 1. The minimum absolute atomic E-state index is 0.0195. The summed E-state index contributed by atoms with van der Waals surface area (Å²) in [6, 6.07) is 0. The van der Waals surface area contributed by atoms with Crippen LogP contribution in [0.2, 0.25) is 0 Å². The topological polar surface area (TPSA) is 107 Å². The van der Waals surface area contributed by atoms with Gasteiger partial charge in [0.2, 0.25) is 0 Å². The zero-order valence-electron chi connectivity index (χ0n) is 14.5. The second kappa shape index (κ2) is 8.63. The third kappa shape index (κ3) is 7.78. The Labute approximate surface area is 138 Å². The maximum atomic E-state index is 12.3. The van der Waals surface area contributed by atoms with Gasteiger partial charge >= 0.3 is 11.9 Å². The Morgan fingerprint density at radius 3 is 2.04 bits per heavy atom. The zero-order valence-corrected chi connectivity index (χ0v) is 15.4. The number of hydrogen-bond acceptors (Lipinski definition) is 6. The van der Waals surface area contributed by atoms with Gasteiger partial charge in [-0.1, -0.05) is 6.92 Å². The van der Waals surface area contributed by atoms with Gasteiger partial charge in [-0.25, -0.2) is 0 Å². The summed E-state index contributed by atoms with van der Waals surface area (Å²) < 4.78 is 40.0. The van der Waals surface area contributed by atoms with E-state index >= 15 is 0 Å². The Morgan fingerprint density at radius 1 is 1.04 bits per heavy atom. The van der Waals surface area contributed by atoms with E-state index in [4.69, 9.17) is 14.0 Å². The van der Waals surface area contributed by atoms with Gasteiger partial charge in [0.05, 0.1) is 29.8 Å². The van der Waals surface area contributed by atoms with Crippen LogP contribution in [0, 0.1) is 10.8 Å². The van der Waals surface area contributed by atoms with Crippen LogP contribution in [0.1, 0.15) is 53.9 Å². The summed E-state index contributed by atoms with van der Waals surface area (Å²) in [4.78, 5) is 24.3. The molecule has 0 amide bonds. The van der Waals surface area contributed by atoms with Crippen LogP contribution in [-0.4, -0.2) is 43.9 Å². The lowest BCUT2D eigenvalue weighted by atomic mass is 9.72. The number of rotatable bonds is 10. The molecule has 0 aliphatic rings. The Bertz CT molecular complexity index is 510. The molecule has 0 fully saturated rings. The van der Waals surface area contributed by atoms with Crippen molar-refractivity contribution >= 4 is 22.1 Å². The predicted octanol–water partition coefficient (Wildman–Crippen LogP) is 2.20. The van der Waals surface area contributed by atoms with Crippen LogP contribution in [0.5, 0.6) is 0 Å². The first-order valence-electron chi connectivity index (χ1n) is 7.67. The normalized spacial score (nSPS) is 14.9. The summed E-state index contributed by atoms with van der Waals surface area (Å²) in [6.45, 7) is 8.84. The molecule has 7 nitrogen and oxygen atoms in total. The van der Waals surface area contributed by atoms with E-state index in [1.54, 1.807) is 27.7 Å². The molecular weight excluding hydrogens is 324 g/mol. The van der Waals surface area contributed by atoms with Crippen LogP contribution in [0.4, 0.5) is 0 Å². The molecule has 0 radical (unpaired) electrons. The van der Waals surface area contributed by atoms with Gasteiger partial charge in [0.25, 0.3) is 10.1 Å². The molecule has 0 bridgehead atoms. The second-order valence-corrected chi connectivity index (χ2v) is 8.04. The predicted molar refractivity (Wildman–Crippen MR) is 85.4 cm³/mol. The molecule has 0 aliphatic heterocycles. The SMILES string of the molecule is CCOC(=O)C(C)(C)CC(C)(CC)C(=O)OCCCS(=O)(=O)O. The number of carbonyl (C=O) groups is 2. The largest absolute Gasteiger partial charge is 0.466 e. The lowest BCUT2D eigenvalue weighted by molar-refractivity contribution is -0.162. The van der Waals surface area contributed by atoms with Crippen molar-refractivity contribution in [1.29, 1.82) is 0 Å². The molecule has 0 saturated heterocycles. The maximum Gasteiger partial charge on any atom is 0.311 e. The first-order chi connectivity index (χ1) is 10.4. The van der Waals surface area contributed by atoms with Crippen molar-refractivity contribution in [2.75, 3.05) is 19.0 Å². The fraction of sp³-hybridized carbons (Fsp3) is 0.867. The van der Waals surface area contributed by atoms with E-state index in [1.165, 1.54) is 0 Å². The molecule has 8 heteroatoms. The van der Waals surface area contributed by atoms with E-state index in [9.17, 15) is 18.0 Å². The average Bonchev–Trinajstić information content (AvgIpc) is 2.41. The van der Waals surface area contributed by atoms with Gasteiger partial charge in [-0.05, 0) is 47.0 Å². The number of ether oxygens (including phenoxy) is 2. The number of esters is 2. The van der Waals surface area contributed by atoms with Crippen LogP contribution in [-0.2, 0) is 29.2 Å². The summed E-state index contributed by atoms with van der Waals surface area (Å²) in [5.41, 5.74) is -1.72. The van der Waals surface area contributed by atoms with Crippen LogP contribution in [0.3, 0.4) is 0 Å². The molecule has 1 N–H and O–H groups in total. The minimum Gasteiger partial charge on any atom is -0.466 e. The van der Waals surface area contributed by atoms with E-state index in [2.05, 4.69) is 0 Å². The van der Waals surface area contributed by atoms with E-state index in [0.29, 0.717) is 6.42 Å². The van der Waals surface area contributed by atoms with Gasteiger partial charge in [-0.2, -0.15) is 8.42 Å². The van der Waals surface area contributed by atoms with Crippen LogP contribution >= 0.6 is 0 Å². The maximum absolute atomic E-state index is 12.3. The summed E-state index contributed by atoms with van der Waals surface area (Å²) in [5.74, 6) is -1.33. The van der Waals surface area contributed by atoms with Crippen molar-refractivity contribution in [2.45, 2.75) is 53.9 Å². The highest BCUT2D eigenvalue weighted by molar-refractivity contribution is 7.85. The van der Waals surface area contributed by atoms with Crippen molar-refractivity contribution in [3.8, 4) is 0 Å². The van der Waals surface area contributed by atoms with Gasteiger partial charge in [0, 0.05) is 0 Å². The highest BCUT2D eigenvalue weighted by Crippen LogP contribution is 2.38. The van der Waals surface area contributed by atoms with Crippen molar-refractivity contribution in [1.82, 2.24) is 0 Å². The van der Waals surface area contributed by atoms with Gasteiger partial charge in [0.1, 0.15) is 0 Å². The first-order valence-corrected chi connectivity index (χ1v) is 9.28. The summed E-state index contributed by atoms with van der Waals surface area (Å²) in [5, 5.41) is 0. The van der Waals surface area contributed by atoms with Crippen molar-refractivity contribution in [2.24, 2.45) is 10.8 Å². The van der Waals surface area contributed by atoms with Gasteiger partial charge in [-0.3, -0.25) is 14.1 Å². The zero-order chi connectivity index (χ0) is 18.3. The fourth-order valence-corrected chi connectivity index (χ4v) is 2.78. The molecule has 0 rings (SSSR count). The molecule has 0 aliphatic carbocycles. The smallest absolute Gasteiger partial charge is 0.311 e. The molecule has 0 aromatic carbocycles. The molecule has 1 unspecified atom stereocenters. The molecule has 23 heavy (non-hydrogen) atoms. The van der Waals surface area contributed by atoms with Crippen molar-refractivity contribution in [3.63, 3.8) is 0 Å². The third-order valence-corrected chi connectivity index (χ3v) is 4.52. The molecule has 1 atom stereocenters. The molecule has 0 heterocycles. The summed E-state index contributed by atoms with van der Waals surface area (Å²) in [7, 11) is -4.06. The van der Waals surface area contributed by atoms with Crippen molar-refractivity contribution in [3.05, 3.63) is 0 Å². The van der Waals surface area contributed by atoms with E-state index in [0.717, 1.165) is 0 Å². The van der Waals surface area contributed by atoms with Crippen molar-refractivity contribution < 1.29 is 32.0 Å². The molecule has 0 spiro atoms. The Hall–Kier alpha value is -1.15. The molecule has 0 aromatic heterocycles. The Morgan fingerprint density at radius 2 is 1.61 bits per heavy atom. The van der Waals surface area contributed by atoms with Gasteiger partial charge in [-0.15, -0.1) is 0 Å². The average molecular weight is 352 g/mol. The third-order valence-electron chi connectivity index (χ3n) is 3.71. The lowest BCUT2D eigenvalue weighted by Gasteiger charge is -2.33. The van der Waals surface area contributed by atoms with Crippen LogP contribution in [0.25, 0.3) is 0 Å². The summed E-state index contributed by atoms with van der Waals surface area (Å²) in [6.07, 6.45) is 0.741. The molecular formula is C15H28O7S. The van der Waals surface area contributed by atoms with E-state index in [1.807, 2.05) is 6.92 Å². The van der Waals surface area contributed by atoms with E-state index in [-0.39, 0.29) is 32.0 Å². The molecule has 0 saturated carbocycles. The van der Waals surface area contributed by atoms with E-state index < -0.39 is 32.7 Å². The highest BCUT2D eigenvalue weighted by atomic mass is 32.2.